The van der Waals surface area contributed by atoms with Gasteiger partial charge in [0.15, 0.2) is 12.0 Å². The number of nitrogens with zero attached hydrogens (tertiary/aromatic N) is 7. The number of amides is 1. The number of benzene rings is 2. The third-order valence-electron chi connectivity index (χ3n) is 13.2. The van der Waals surface area contributed by atoms with Crippen LogP contribution in [-0.4, -0.2) is 106 Å². The summed E-state index contributed by atoms with van der Waals surface area (Å²) < 4.78 is 27.9. The van der Waals surface area contributed by atoms with Crippen molar-refractivity contribution in [1.82, 2.24) is 29.5 Å². The number of aryl methyl sites for hydroxylation is 1. The number of carbonyl (C=O) groups is 1. The number of hydrogen-bond acceptors (Lipinski definition) is 10. The van der Waals surface area contributed by atoms with E-state index >= 15 is 0 Å². The fraction of sp³-hybridized carbons (Fsp3) is 0.609. The zero-order chi connectivity index (χ0) is 40.2. The highest BCUT2D eigenvalue weighted by atomic mass is 16.6. The SMILES string of the molecule is C=Cc1cc2c(N3CCC4(CC3)CN(C(=O)OC(C)(C)C)C4)nc(OC3CCN(CC)CC3)nc2c(OC2CCC2)c1-c1c(C)ccc2c1cnn2C1CCCCO1. The molecule has 58 heavy (non-hydrogen) atoms. The number of rotatable bonds is 9. The monoisotopic (exact) mass is 791 g/mol. The topological polar surface area (TPSA) is 107 Å². The summed E-state index contributed by atoms with van der Waals surface area (Å²) in [4.78, 5) is 30.2. The van der Waals surface area contributed by atoms with Crippen LogP contribution >= 0.6 is 0 Å². The Morgan fingerprint density at radius 2 is 1.71 bits per heavy atom. The first-order chi connectivity index (χ1) is 28.0. The first-order valence-electron chi connectivity index (χ1n) is 21.9. The largest absolute Gasteiger partial charge is 0.487 e. The zero-order valence-electron chi connectivity index (χ0n) is 35.2. The molecule has 12 nitrogen and oxygen atoms in total. The average Bonchev–Trinajstić information content (AvgIpc) is 3.62. The van der Waals surface area contributed by atoms with Crippen molar-refractivity contribution in [3.05, 3.63) is 42.1 Å². The van der Waals surface area contributed by atoms with Gasteiger partial charge in [0.25, 0.3) is 0 Å². The normalized spacial score (nSPS) is 21.9. The molecule has 1 spiro atoms. The molecular weight excluding hydrogens is 731 g/mol. The lowest BCUT2D eigenvalue weighted by molar-refractivity contribution is -0.0434. The molecule has 4 aliphatic heterocycles. The summed E-state index contributed by atoms with van der Waals surface area (Å²) in [7, 11) is 0. The number of fused-ring (bicyclic) bond motifs is 2. The second-order valence-electron chi connectivity index (χ2n) is 18.4. The van der Waals surface area contributed by atoms with Crippen molar-refractivity contribution in [1.29, 1.82) is 0 Å². The Hall–Kier alpha value is -4.42. The summed E-state index contributed by atoms with van der Waals surface area (Å²) in [6.07, 6.45) is 13.9. The standard InChI is InChI=1S/C46H61N7O5/c1-7-31-26-34-40(41(56-32-12-11-13-32)39(31)38-30(3)15-16-36-35(38)27-47-53(36)37-14-9-10-25-55-37)48-43(57-33-17-21-50(8-2)22-18-33)49-42(34)51-23-19-46(20-24-51)28-52(29-46)44(54)58-45(4,5)6/h7,15-16,26-27,32-33,37H,1,8-14,17-25,28-29H2,2-6H3. The maximum Gasteiger partial charge on any atom is 0.410 e. The van der Waals surface area contributed by atoms with Crippen LogP contribution in [0.3, 0.4) is 0 Å². The minimum atomic E-state index is -0.507. The van der Waals surface area contributed by atoms with E-state index in [0.717, 1.165) is 172 Å². The Kier molecular flexibility index (Phi) is 10.5. The van der Waals surface area contributed by atoms with Crippen LogP contribution in [0.5, 0.6) is 11.8 Å². The van der Waals surface area contributed by atoms with Crippen LogP contribution in [0.1, 0.15) is 109 Å². The van der Waals surface area contributed by atoms with Crippen LogP contribution in [0.2, 0.25) is 0 Å². The van der Waals surface area contributed by atoms with Gasteiger partial charge in [-0.25, -0.2) is 9.48 Å². The van der Waals surface area contributed by atoms with Crippen molar-refractivity contribution in [3.8, 4) is 22.9 Å². The molecule has 2 aromatic heterocycles. The first kappa shape index (κ1) is 39.1. The van der Waals surface area contributed by atoms with Crippen LogP contribution in [0, 0.1) is 12.3 Å². The second-order valence-corrected chi connectivity index (χ2v) is 18.4. The van der Waals surface area contributed by atoms with Crippen molar-refractivity contribution < 1.29 is 23.7 Å². The first-order valence-corrected chi connectivity index (χ1v) is 21.9. The molecular formula is C46H61N7O5. The molecule has 0 bridgehead atoms. The molecule has 5 aliphatic rings. The van der Waals surface area contributed by atoms with Gasteiger partial charge in [0.1, 0.15) is 23.0 Å². The fourth-order valence-corrected chi connectivity index (χ4v) is 9.63. The van der Waals surface area contributed by atoms with E-state index in [1.165, 1.54) is 0 Å². The lowest BCUT2D eigenvalue weighted by Gasteiger charge is -2.53. The quantitative estimate of drug-likeness (QED) is 0.163. The van der Waals surface area contributed by atoms with Gasteiger partial charge in [-0.2, -0.15) is 15.1 Å². The Morgan fingerprint density at radius 3 is 2.36 bits per heavy atom. The van der Waals surface area contributed by atoms with Gasteiger partial charge in [0.2, 0.25) is 0 Å². The van der Waals surface area contributed by atoms with Gasteiger partial charge in [0, 0.05) is 67.6 Å². The summed E-state index contributed by atoms with van der Waals surface area (Å²) in [6.45, 7) is 21.4. The molecule has 4 aromatic rings. The van der Waals surface area contributed by atoms with Crippen LogP contribution < -0.4 is 14.4 Å². The highest BCUT2D eigenvalue weighted by Gasteiger charge is 2.48. The van der Waals surface area contributed by atoms with Gasteiger partial charge in [-0.05, 0) is 127 Å². The predicted octanol–water partition coefficient (Wildman–Crippen LogP) is 8.93. The lowest BCUT2D eigenvalue weighted by atomic mass is 9.72. The average molecular weight is 792 g/mol. The van der Waals surface area contributed by atoms with Gasteiger partial charge in [-0.1, -0.05) is 25.6 Å². The molecule has 4 saturated heterocycles. The van der Waals surface area contributed by atoms with Gasteiger partial charge < -0.3 is 33.6 Å². The predicted molar refractivity (Wildman–Crippen MR) is 228 cm³/mol. The summed E-state index contributed by atoms with van der Waals surface area (Å²) >= 11 is 0. The van der Waals surface area contributed by atoms with Gasteiger partial charge in [0.05, 0.1) is 17.8 Å². The highest BCUT2D eigenvalue weighted by molar-refractivity contribution is 6.07. The third kappa shape index (κ3) is 7.51. The minimum absolute atomic E-state index is 0.0401. The molecule has 1 atom stereocenters. The molecule has 1 saturated carbocycles. The number of anilines is 1. The summed E-state index contributed by atoms with van der Waals surface area (Å²) in [5.74, 6) is 1.64. The van der Waals surface area contributed by atoms with Crippen LogP contribution in [0.25, 0.3) is 39.0 Å². The molecule has 9 rings (SSSR count). The number of likely N-dealkylation sites (tertiary alicyclic amines) is 2. The third-order valence-corrected chi connectivity index (χ3v) is 13.2. The van der Waals surface area contributed by atoms with Crippen molar-refractivity contribution in [3.63, 3.8) is 0 Å². The molecule has 2 aromatic carbocycles. The van der Waals surface area contributed by atoms with Gasteiger partial charge in [-0.15, -0.1) is 0 Å². The van der Waals surface area contributed by atoms with E-state index in [2.05, 4.69) is 53.1 Å². The van der Waals surface area contributed by atoms with Crippen molar-refractivity contribution >= 4 is 39.8 Å². The number of aromatic nitrogens is 4. The molecule has 1 amide bonds. The van der Waals surface area contributed by atoms with Crippen LogP contribution in [0.15, 0.2) is 31.0 Å². The van der Waals surface area contributed by atoms with E-state index in [1.54, 1.807) is 0 Å². The number of ether oxygens (including phenoxy) is 4. The maximum atomic E-state index is 12.9. The van der Waals surface area contributed by atoms with Crippen molar-refractivity contribution in [2.24, 2.45) is 5.41 Å². The summed E-state index contributed by atoms with van der Waals surface area (Å²) in [5, 5.41) is 6.94. The summed E-state index contributed by atoms with van der Waals surface area (Å²) in [6, 6.07) is 6.99. The summed E-state index contributed by atoms with van der Waals surface area (Å²) in [5.41, 5.74) is 5.58. The molecule has 1 unspecified atom stereocenters. The van der Waals surface area contributed by atoms with E-state index < -0.39 is 5.60 Å². The van der Waals surface area contributed by atoms with E-state index in [-0.39, 0.29) is 29.9 Å². The highest BCUT2D eigenvalue weighted by Crippen LogP contribution is 2.49. The molecule has 5 fully saturated rings. The van der Waals surface area contributed by atoms with Crippen molar-refractivity contribution in [2.75, 3.05) is 57.3 Å². The second kappa shape index (κ2) is 15.6. The van der Waals surface area contributed by atoms with Gasteiger partial charge >= 0.3 is 12.1 Å². The Morgan fingerprint density at radius 1 is 0.948 bits per heavy atom. The molecule has 0 radical (unpaired) electrons. The molecule has 1 aliphatic carbocycles. The lowest BCUT2D eigenvalue weighted by Crippen LogP contribution is -2.62. The Balaban J connectivity index is 1.14. The van der Waals surface area contributed by atoms with E-state index in [0.29, 0.717) is 6.01 Å². The molecule has 0 N–H and O–H groups in total. The smallest absolute Gasteiger partial charge is 0.410 e. The van der Waals surface area contributed by atoms with Crippen molar-refractivity contribution in [2.45, 2.75) is 123 Å². The maximum absolute atomic E-state index is 12.9. The van der Waals surface area contributed by atoms with E-state index in [4.69, 9.17) is 34.0 Å². The molecule has 12 heteroatoms. The van der Waals surface area contributed by atoms with Gasteiger partial charge in [-0.3, -0.25) is 0 Å². The number of piperidine rings is 2. The minimum Gasteiger partial charge on any atom is -0.487 e. The van der Waals surface area contributed by atoms with E-state index in [1.807, 2.05) is 37.9 Å². The molecule has 6 heterocycles. The Labute approximate surface area is 342 Å². The van der Waals surface area contributed by atoms with Crippen LogP contribution in [-0.2, 0) is 9.47 Å². The fourth-order valence-electron chi connectivity index (χ4n) is 9.63. The van der Waals surface area contributed by atoms with Crippen LogP contribution in [0.4, 0.5) is 10.6 Å². The Bertz CT molecular complexity index is 2160. The number of carbonyl (C=O) groups excluding carboxylic acids is 1. The molecule has 310 valence electrons. The zero-order valence-corrected chi connectivity index (χ0v) is 35.2. The van der Waals surface area contributed by atoms with E-state index in [9.17, 15) is 4.79 Å². The number of hydrogen-bond donors (Lipinski definition) is 0.